The third-order valence-electron chi connectivity index (χ3n) is 4.98. The highest BCUT2D eigenvalue weighted by molar-refractivity contribution is 7.89. The van der Waals surface area contributed by atoms with E-state index < -0.39 is 27.7 Å². The molecule has 0 amide bonds. The number of hydrogen-bond donors (Lipinski definition) is 1. The van der Waals surface area contributed by atoms with Gasteiger partial charge in [0, 0.05) is 6.07 Å². The van der Waals surface area contributed by atoms with Crippen molar-refractivity contribution in [2.45, 2.75) is 52.0 Å². The molecule has 0 spiro atoms. The molecule has 2 aromatic carbocycles. The maximum absolute atomic E-state index is 13.1. The quantitative estimate of drug-likeness (QED) is 0.327. The van der Waals surface area contributed by atoms with E-state index in [1.807, 2.05) is 20.8 Å². The summed E-state index contributed by atoms with van der Waals surface area (Å²) in [6.07, 6.45) is 0.252. The Labute approximate surface area is 187 Å². The third kappa shape index (κ3) is 5.44. The van der Waals surface area contributed by atoms with Gasteiger partial charge >= 0.3 is 11.6 Å². The summed E-state index contributed by atoms with van der Waals surface area (Å²) in [6.45, 7) is 9.14. The molecule has 1 aromatic heterocycles. The molecular formula is C24H27NO6S. The summed E-state index contributed by atoms with van der Waals surface area (Å²) in [5.74, 6) is -0.483. The van der Waals surface area contributed by atoms with Gasteiger partial charge in [0.1, 0.15) is 17.4 Å². The third-order valence-corrected chi connectivity index (χ3v) is 6.47. The first-order valence-corrected chi connectivity index (χ1v) is 11.8. The van der Waals surface area contributed by atoms with Gasteiger partial charge in [-0.2, -0.15) is 4.72 Å². The lowest BCUT2D eigenvalue weighted by molar-refractivity contribution is -0.136. The van der Waals surface area contributed by atoms with Gasteiger partial charge in [-0.3, -0.25) is 0 Å². The fraction of sp³-hybridized carbons (Fsp3) is 0.333. The number of hydrogen-bond acceptors (Lipinski definition) is 6. The number of nitrogens with one attached hydrogen (secondary N) is 1. The van der Waals surface area contributed by atoms with Crippen LogP contribution in [-0.2, 0) is 14.8 Å². The van der Waals surface area contributed by atoms with E-state index in [2.05, 4.69) is 4.72 Å². The van der Waals surface area contributed by atoms with Crippen LogP contribution in [0.3, 0.4) is 0 Å². The molecule has 1 heterocycles. The first-order chi connectivity index (χ1) is 15.0. The van der Waals surface area contributed by atoms with Gasteiger partial charge in [0.2, 0.25) is 10.0 Å². The molecule has 0 aliphatic heterocycles. The van der Waals surface area contributed by atoms with E-state index in [4.69, 9.17) is 9.15 Å². The Bertz CT molecular complexity index is 1310. The van der Waals surface area contributed by atoms with Crippen LogP contribution in [0, 0.1) is 26.7 Å². The lowest BCUT2D eigenvalue weighted by atomic mass is 10.0. The molecule has 0 saturated heterocycles. The molecule has 0 saturated carbocycles. The standard InChI is InChI=1S/C24H27NO6S/c1-14(2)10-19(25-32(28,29)18-8-6-15(3)7-9-18)24(27)31-21-12-16(4)11-20-23(21)17(5)13-22(26)30-20/h6-9,11-14,19,25H,10H2,1-5H3/t19-/m0/s1. The molecule has 0 unspecified atom stereocenters. The smallest absolute Gasteiger partial charge is 0.336 e. The van der Waals surface area contributed by atoms with Crippen LogP contribution < -0.4 is 15.1 Å². The molecular weight excluding hydrogens is 430 g/mol. The normalized spacial score (nSPS) is 12.8. The molecule has 1 N–H and O–H groups in total. The maximum Gasteiger partial charge on any atom is 0.336 e. The maximum atomic E-state index is 13.1. The van der Waals surface area contributed by atoms with Crippen LogP contribution in [0.2, 0.25) is 0 Å². The van der Waals surface area contributed by atoms with Crippen molar-refractivity contribution in [3.63, 3.8) is 0 Å². The van der Waals surface area contributed by atoms with Gasteiger partial charge < -0.3 is 9.15 Å². The Morgan fingerprint density at radius 3 is 2.31 bits per heavy atom. The molecule has 0 bridgehead atoms. The summed E-state index contributed by atoms with van der Waals surface area (Å²) in [6, 6.07) is 9.96. The van der Waals surface area contributed by atoms with Gasteiger partial charge in [0.05, 0.1) is 10.3 Å². The van der Waals surface area contributed by atoms with Crippen molar-refractivity contribution in [3.05, 3.63) is 69.6 Å². The van der Waals surface area contributed by atoms with Gasteiger partial charge in [-0.1, -0.05) is 31.5 Å². The summed E-state index contributed by atoms with van der Waals surface area (Å²) in [7, 11) is -3.93. The predicted octanol–water partition coefficient (Wildman–Crippen LogP) is 4.02. The zero-order valence-corrected chi connectivity index (χ0v) is 19.6. The molecule has 3 rings (SSSR count). The lowest BCUT2D eigenvalue weighted by Gasteiger charge is -2.20. The van der Waals surface area contributed by atoms with Crippen LogP contribution in [0.4, 0.5) is 0 Å². The fourth-order valence-electron chi connectivity index (χ4n) is 3.47. The molecule has 7 nitrogen and oxygen atoms in total. The monoisotopic (exact) mass is 457 g/mol. The van der Waals surface area contributed by atoms with Crippen LogP contribution in [0.15, 0.2) is 56.6 Å². The van der Waals surface area contributed by atoms with Crippen LogP contribution in [0.1, 0.15) is 37.0 Å². The summed E-state index contributed by atoms with van der Waals surface area (Å²) in [4.78, 5) is 24.9. The average Bonchev–Trinajstić information content (AvgIpc) is 2.66. The van der Waals surface area contributed by atoms with Gasteiger partial charge in [-0.05, 0) is 68.5 Å². The van der Waals surface area contributed by atoms with Crippen molar-refractivity contribution >= 4 is 27.0 Å². The van der Waals surface area contributed by atoms with Gasteiger partial charge in [0.15, 0.2) is 0 Å². The number of sulfonamides is 1. The van der Waals surface area contributed by atoms with Gasteiger partial charge in [-0.15, -0.1) is 0 Å². The van der Waals surface area contributed by atoms with E-state index in [0.717, 1.165) is 11.1 Å². The van der Waals surface area contributed by atoms with Gasteiger partial charge in [0.25, 0.3) is 0 Å². The van der Waals surface area contributed by atoms with E-state index >= 15 is 0 Å². The van der Waals surface area contributed by atoms with Crippen molar-refractivity contribution in [2.24, 2.45) is 5.92 Å². The summed E-state index contributed by atoms with van der Waals surface area (Å²) in [5, 5.41) is 0.494. The summed E-state index contributed by atoms with van der Waals surface area (Å²) in [5.41, 5.74) is 2.06. The van der Waals surface area contributed by atoms with Crippen molar-refractivity contribution in [1.29, 1.82) is 0 Å². The second kappa shape index (κ2) is 9.26. The Hall–Kier alpha value is -2.97. The van der Waals surface area contributed by atoms with E-state index in [0.29, 0.717) is 16.5 Å². The van der Waals surface area contributed by atoms with E-state index in [1.165, 1.54) is 18.2 Å². The van der Waals surface area contributed by atoms with Gasteiger partial charge in [-0.25, -0.2) is 18.0 Å². The minimum Gasteiger partial charge on any atom is -0.425 e. The highest BCUT2D eigenvalue weighted by Crippen LogP contribution is 2.30. The number of ether oxygens (including phenoxy) is 1. The molecule has 0 radical (unpaired) electrons. The second-order valence-electron chi connectivity index (χ2n) is 8.42. The van der Waals surface area contributed by atoms with Crippen LogP contribution in [-0.4, -0.2) is 20.4 Å². The molecule has 170 valence electrons. The van der Waals surface area contributed by atoms with Crippen molar-refractivity contribution < 1.29 is 22.4 Å². The van der Waals surface area contributed by atoms with E-state index in [9.17, 15) is 18.0 Å². The minimum absolute atomic E-state index is 0.0299. The number of fused-ring (bicyclic) bond motifs is 1. The van der Waals surface area contributed by atoms with Crippen molar-refractivity contribution in [1.82, 2.24) is 4.72 Å². The Morgan fingerprint density at radius 1 is 1.03 bits per heavy atom. The van der Waals surface area contributed by atoms with Crippen LogP contribution in [0.25, 0.3) is 11.0 Å². The molecule has 0 aliphatic carbocycles. The Kier molecular flexibility index (Phi) is 6.85. The second-order valence-corrected chi connectivity index (χ2v) is 10.1. The largest absolute Gasteiger partial charge is 0.425 e. The first-order valence-electron chi connectivity index (χ1n) is 10.3. The first kappa shape index (κ1) is 23.7. The fourth-order valence-corrected chi connectivity index (χ4v) is 4.67. The molecule has 32 heavy (non-hydrogen) atoms. The number of aryl methyl sites for hydroxylation is 3. The van der Waals surface area contributed by atoms with E-state index in [1.54, 1.807) is 38.1 Å². The Morgan fingerprint density at radius 2 is 1.69 bits per heavy atom. The number of carbonyl (C=O) groups is 1. The SMILES string of the molecule is Cc1ccc(S(=O)(=O)N[C@@H](CC(C)C)C(=O)Oc2cc(C)cc3oc(=O)cc(C)c23)cc1. The summed E-state index contributed by atoms with van der Waals surface area (Å²) >= 11 is 0. The molecule has 0 fully saturated rings. The number of esters is 1. The number of benzene rings is 2. The van der Waals surface area contributed by atoms with Crippen molar-refractivity contribution in [3.8, 4) is 5.75 Å². The highest BCUT2D eigenvalue weighted by atomic mass is 32.2. The predicted molar refractivity (Wildman–Crippen MR) is 122 cm³/mol. The average molecular weight is 458 g/mol. The zero-order chi connectivity index (χ0) is 23.6. The molecule has 0 aliphatic rings. The van der Waals surface area contributed by atoms with Crippen molar-refractivity contribution in [2.75, 3.05) is 0 Å². The van der Waals surface area contributed by atoms with Crippen LogP contribution in [0.5, 0.6) is 5.75 Å². The molecule has 3 aromatic rings. The lowest BCUT2D eigenvalue weighted by Crippen LogP contribution is -2.43. The van der Waals surface area contributed by atoms with E-state index in [-0.39, 0.29) is 23.0 Å². The topological polar surface area (TPSA) is 103 Å². The van der Waals surface area contributed by atoms with Crippen LogP contribution >= 0.6 is 0 Å². The molecule has 1 atom stereocenters. The molecule has 8 heteroatoms. The Balaban J connectivity index is 1.95. The zero-order valence-electron chi connectivity index (χ0n) is 18.8. The summed E-state index contributed by atoms with van der Waals surface area (Å²) < 4.78 is 39.2. The number of carbonyl (C=O) groups excluding carboxylic acids is 1. The highest BCUT2D eigenvalue weighted by Gasteiger charge is 2.29. The number of rotatable bonds is 7. The minimum atomic E-state index is -3.93.